The fraction of sp³-hybridized carbons (Fsp3) is 0.600. The molecule has 0 radical (unpaired) electrons. The topological polar surface area (TPSA) is 85.5 Å². The van der Waals surface area contributed by atoms with Crippen LogP contribution in [0.15, 0.2) is 29.1 Å². The highest BCUT2D eigenvalue weighted by molar-refractivity contribution is 5.72. The maximum absolute atomic E-state index is 13.9. The number of benzene rings is 1. The summed E-state index contributed by atoms with van der Waals surface area (Å²) in [5.74, 6) is -0.384. The van der Waals surface area contributed by atoms with E-state index in [1.54, 1.807) is 18.2 Å². The summed E-state index contributed by atoms with van der Waals surface area (Å²) in [6.45, 7) is 8.55. The van der Waals surface area contributed by atoms with E-state index >= 15 is 0 Å². The van der Waals surface area contributed by atoms with Crippen LogP contribution in [0.1, 0.15) is 32.8 Å². The first-order valence-corrected chi connectivity index (χ1v) is 10.3. The first-order chi connectivity index (χ1) is 14.4. The molecule has 0 aliphatic carbocycles. The van der Waals surface area contributed by atoms with Crippen molar-refractivity contribution in [1.29, 1.82) is 0 Å². The second-order valence-corrected chi connectivity index (χ2v) is 7.64. The largest absolute Gasteiger partial charge is 0.363 e. The van der Waals surface area contributed by atoms with E-state index in [9.17, 15) is 14.0 Å². The van der Waals surface area contributed by atoms with E-state index in [1.165, 1.54) is 27.4 Å². The highest BCUT2D eigenvalue weighted by atomic mass is 19.1. The number of amides is 1. The van der Waals surface area contributed by atoms with E-state index in [0.717, 1.165) is 19.5 Å². The monoisotopic (exact) mass is 420 g/mol. The molecule has 2 heterocycles. The Kier molecular flexibility index (Phi) is 7.33. The van der Waals surface area contributed by atoms with Gasteiger partial charge in [0.25, 0.3) is 0 Å². The van der Waals surface area contributed by atoms with Crippen molar-refractivity contribution >= 4 is 5.91 Å². The molecule has 1 saturated heterocycles. The van der Waals surface area contributed by atoms with Crippen LogP contribution in [0.25, 0.3) is 0 Å². The first-order valence-electron chi connectivity index (χ1n) is 10.3. The zero-order valence-corrected chi connectivity index (χ0v) is 17.7. The molecule has 3 rings (SSSR count). The number of carbonyl (C=O) groups excluding carboxylic acids is 1. The summed E-state index contributed by atoms with van der Waals surface area (Å²) >= 11 is 0. The van der Waals surface area contributed by atoms with Crippen LogP contribution >= 0.6 is 0 Å². The molecule has 164 valence electrons. The number of carbonyl (C=O) groups is 1. The van der Waals surface area contributed by atoms with Gasteiger partial charge in [0.2, 0.25) is 5.91 Å². The Balaban J connectivity index is 1.55. The highest BCUT2D eigenvalue weighted by Gasteiger charge is 2.33. The van der Waals surface area contributed by atoms with Gasteiger partial charge in [0, 0.05) is 38.7 Å². The van der Waals surface area contributed by atoms with Gasteiger partial charge in [0.1, 0.15) is 12.4 Å². The van der Waals surface area contributed by atoms with Crippen molar-refractivity contribution in [1.82, 2.24) is 29.8 Å². The molecule has 1 aromatic carbocycles. The molecule has 30 heavy (non-hydrogen) atoms. The second-order valence-electron chi connectivity index (χ2n) is 7.64. The molecule has 0 N–H and O–H groups in total. The van der Waals surface area contributed by atoms with Gasteiger partial charge in [-0.3, -0.25) is 9.63 Å². The Labute approximate surface area is 174 Å². The fourth-order valence-electron chi connectivity index (χ4n) is 3.83. The van der Waals surface area contributed by atoms with Crippen molar-refractivity contribution < 1.29 is 14.0 Å². The molecule has 2 atom stereocenters. The third-order valence-corrected chi connectivity index (χ3v) is 5.50. The average molecular weight is 420 g/mol. The van der Waals surface area contributed by atoms with Gasteiger partial charge in [-0.1, -0.05) is 25.1 Å². The van der Waals surface area contributed by atoms with E-state index in [0.29, 0.717) is 25.2 Å². The fourth-order valence-corrected chi connectivity index (χ4v) is 3.83. The van der Waals surface area contributed by atoms with Gasteiger partial charge in [-0.05, 0) is 35.8 Å². The van der Waals surface area contributed by atoms with Crippen molar-refractivity contribution in [3.8, 4) is 0 Å². The van der Waals surface area contributed by atoms with Crippen molar-refractivity contribution in [2.24, 2.45) is 5.92 Å². The van der Waals surface area contributed by atoms with Gasteiger partial charge in [-0.2, -0.15) is 9.36 Å². The van der Waals surface area contributed by atoms with Crippen molar-refractivity contribution in [2.75, 3.05) is 19.6 Å². The molecule has 2 aromatic rings. The molecule has 9 nitrogen and oxygen atoms in total. The number of tetrazole rings is 1. The highest BCUT2D eigenvalue weighted by Crippen LogP contribution is 2.23. The van der Waals surface area contributed by atoms with E-state index < -0.39 is 0 Å². The van der Waals surface area contributed by atoms with Crippen molar-refractivity contribution in [3.63, 3.8) is 0 Å². The van der Waals surface area contributed by atoms with Crippen LogP contribution in [0.3, 0.4) is 0 Å². The van der Waals surface area contributed by atoms with E-state index in [-0.39, 0.29) is 36.0 Å². The summed E-state index contributed by atoms with van der Waals surface area (Å²) in [7, 11) is 0. The number of rotatable bonds is 8. The maximum atomic E-state index is 13.9. The van der Waals surface area contributed by atoms with Crippen molar-refractivity contribution in [2.45, 2.75) is 52.9 Å². The number of aryl methyl sites for hydroxylation is 1. The van der Waals surface area contributed by atoms with Crippen LogP contribution in [0.5, 0.6) is 0 Å². The molecule has 1 amide bonds. The molecule has 10 heteroatoms. The quantitative estimate of drug-likeness (QED) is 0.599. The summed E-state index contributed by atoms with van der Waals surface area (Å²) in [4.78, 5) is 32.2. The first kappa shape index (κ1) is 22.1. The third-order valence-electron chi connectivity index (χ3n) is 5.50. The molecule has 1 aliphatic heterocycles. The average Bonchev–Trinajstić information content (AvgIpc) is 3.08. The number of hydrogen-bond acceptors (Lipinski definition) is 6. The van der Waals surface area contributed by atoms with Crippen LogP contribution in [0.2, 0.25) is 0 Å². The summed E-state index contributed by atoms with van der Waals surface area (Å²) in [6.07, 6.45) is 0.731. The smallest absolute Gasteiger partial charge is 0.301 e. The van der Waals surface area contributed by atoms with Gasteiger partial charge < -0.3 is 4.90 Å². The molecular weight excluding hydrogens is 391 g/mol. The number of nitrogens with zero attached hydrogens (tertiary/aromatic N) is 6. The minimum atomic E-state index is -0.348. The molecule has 1 aliphatic rings. The Morgan fingerprint density at radius 2 is 2.00 bits per heavy atom. The van der Waals surface area contributed by atoms with Crippen LogP contribution in [0.4, 0.5) is 4.39 Å². The summed E-state index contributed by atoms with van der Waals surface area (Å²) in [5.41, 5.74) is 0.212. The molecule has 1 aromatic heterocycles. The predicted octanol–water partition coefficient (Wildman–Crippen LogP) is 1.29. The lowest BCUT2D eigenvalue weighted by Crippen LogP contribution is -2.52. The number of hydroxylamine groups is 2. The zero-order chi connectivity index (χ0) is 21.7. The molecule has 0 spiro atoms. The minimum absolute atomic E-state index is 0.00912. The van der Waals surface area contributed by atoms with Crippen molar-refractivity contribution in [3.05, 3.63) is 46.1 Å². The minimum Gasteiger partial charge on any atom is -0.301 e. The number of likely N-dealkylation sites (tertiary alicyclic amines) is 1. The lowest BCUT2D eigenvalue weighted by atomic mass is 9.93. The van der Waals surface area contributed by atoms with Crippen LogP contribution in [-0.2, 0) is 29.3 Å². The van der Waals surface area contributed by atoms with E-state index in [2.05, 4.69) is 22.3 Å². The van der Waals surface area contributed by atoms with Crippen LogP contribution < -0.4 is 5.69 Å². The summed E-state index contributed by atoms with van der Waals surface area (Å²) in [6, 6.07) is 6.30. The molecule has 1 fully saturated rings. The van der Waals surface area contributed by atoms with Gasteiger partial charge in [-0.25, -0.2) is 14.2 Å². The Hall–Kier alpha value is -2.59. The Morgan fingerprint density at radius 1 is 1.27 bits per heavy atom. The lowest BCUT2D eigenvalue weighted by molar-refractivity contribution is -0.215. The normalized spacial score (nSPS) is 19.7. The summed E-state index contributed by atoms with van der Waals surface area (Å²) < 4.78 is 16.6. The second kappa shape index (κ2) is 9.94. The van der Waals surface area contributed by atoms with Crippen LogP contribution in [0, 0.1) is 11.7 Å². The molecule has 0 unspecified atom stereocenters. The number of hydrogen-bond donors (Lipinski definition) is 0. The molecular formula is C20H29FN6O3. The number of piperidine rings is 1. The van der Waals surface area contributed by atoms with Gasteiger partial charge >= 0.3 is 5.69 Å². The predicted molar refractivity (Wildman–Crippen MR) is 108 cm³/mol. The SMILES string of the molecule is CCn1nnn(CCN2CC[C@H](N(OCc3ccccc3F)C(C)=O)[C@H](C)C2)c1=O. The van der Waals surface area contributed by atoms with Gasteiger partial charge in [0.05, 0.1) is 12.6 Å². The molecule has 0 saturated carbocycles. The third kappa shape index (κ3) is 5.11. The zero-order valence-electron chi connectivity index (χ0n) is 17.7. The number of halogens is 1. The Bertz CT molecular complexity index is 914. The van der Waals surface area contributed by atoms with Gasteiger partial charge in [0.15, 0.2) is 0 Å². The standard InChI is InChI=1S/C20H29FN6O3/c1-4-25-20(29)26(23-22-25)12-11-24-10-9-19(15(2)13-24)27(16(3)28)30-14-17-7-5-6-8-18(17)21/h5-8,15,19H,4,9-14H2,1-3H3/t15-,19+/m1/s1. The maximum Gasteiger partial charge on any atom is 0.363 e. The Morgan fingerprint density at radius 3 is 2.63 bits per heavy atom. The summed E-state index contributed by atoms with van der Waals surface area (Å²) in [5, 5.41) is 9.13. The molecule has 0 bridgehead atoms. The van der Waals surface area contributed by atoms with E-state index in [1.807, 2.05) is 6.92 Å². The lowest BCUT2D eigenvalue weighted by Gasteiger charge is -2.41. The van der Waals surface area contributed by atoms with Gasteiger partial charge in [-0.15, -0.1) is 0 Å². The van der Waals surface area contributed by atoms with Crippen LogP contribution in [-0.4, -0.2) is 61.3 Å². The van der Waals surface area contributed by atoms with E-state index in [4.69, 9.17) is 4.84 Å². The number of aromatic nitrogens is 4.